The number of fused-ring (bicyclic) bond motifs is 2. The Balaban J connectivity index is 0.639. The number of nitrogens with zero attached hydrogens (tertiary/aromatic N) is 5. The maximum atomic E-state index is 15.5. The molecule has 0 unspecified atom stereocenters. The van der Waals surface area contributed by atoms with E-state index in [1.165, 1.54) is 22.5 Å². The number of carbonyl (C=O) groups is 4. The number of ether oxygens (including phenoxy) is 4. The molecule has 0 bridgehead atoms. The Kier molecular flexibility index (Phi) is 17.3. The summed E-state index contributed by atoms with van der Waals surface area (Å²) < 4.78 is 91.8. The first-order chi connectivity index (χ1) is 37.4. The zero-order valence-electron chi connectivity index (χ0n) is 42.9. The van der Waals surface area contributed by atoms with E-state index in [0.29, 0.717) is 91.3 Å². The topological polar surface area (TPSA) is 223 Å². The van der Waals surface area contributed by atoms with Gasteiger partial charge in [-0.3, -0.25) is 23.5 Å². The SMILES string of the molecule is Cc1ccc(NC(=O)C2(c3ccc4c(c3)OC(F)(F)O4)CC2)nc1-c1cccc(C(=O)NCCOCCOCC(=O)NCCN2CCC(C(=O)Nc3nc4c(F)cc(N(CCN(C)C)S(=O)(=O)c5cccs5)cc4s3)CC2)c1. The minimum absolute atomic E-state index is 0.0458. The minimum atomic E-state index is -3.95. The first kappa shape index (κ1) is 56.0. The summed E-state index contributed by atoms with van der Waals surface area (Å²) in [7, 11) is -0.301. The quantitative estimate of drug-likeness (QED) is 0.0456. The van der Waals surface area contributed by atoms with Crippen LogP contribution in [0.1, 0.15) is 47.2 Å². The number of piperidine rings is 1. The normalized spacial score (nSPS) is 15.8. The van der Waals surface area contributed by atoms with Gasteiger partial charge in [0.15, 0.2) is 22.4 Å². The van der Waals surface area contributed by atoms with E-state index in [0.717, 1.165) is 34.3 Å². The number of aromatic nitrogens is 2. The number of likely N-dealkylation sites (N-methyl/N-ethyl adjacent to an activating group) is 1. The van der Waals surface area contributed by atoms with Crippen LogP contribution in [-0.4, -0.2) is 144 Å². The number of alkyl halides is 2. The molecule has 0 spiro atoms. The Morgan fingerprint density at radius 1 is 0.859 bits per heavy atom. The molecule has 5 heterocycles. The van der Waals surface area contributed by atoms with E-state index in [-0.39, 0.29) is 101 Å². The standard InChI is InChI=1S/C53H58F3N9O10S3/c1-33-9-12-43(60-50(69)52(15-16-52)37-10-11-40-41(29-37)75-53(55,56)74-40)59-46(33)35-6-4-7-36(28-35)48(67)58-18-24-72-25-26-73-32-44(66)57-17-21-64-19-13-34(14-20-64)49(68)62-51-61-47-39(54)30-38(31-42(47)77-51)65(23-22-63(2)3)78(70,71)45-8-5-27-76-45/h4-12,27-31,34H,13-26,32H2,1-3H3,(H,57,66)(H,58,67)(H,59,60,69)(H,61,62,68). The highest BCUT2D eigenvalue weighted by Crippen LogP contribution is 2.52. The van der Waals surface area contributed by atoms with Gasteiger partial charge in [0, 0.05) is 55.8 Å². The van der Waals surface area contributed by atoms with E-state index in [2.05, 4.69) is 40.6 Å². The Morgan fingerprint density at radius 2 is 1.64 bits per heavy atom. The van der Waals surface area contributed by atoms with Crippen molar-refractivity contribution in [1.29, 1.82) is 0 Å². The second-order valence-corrected chi connectivity index (χ2v) is 23.4. The number of aryl methyl sites for hydroxylation is 1. The largest absolute Gasteiger partial charge is 0.586 e. The second-order valence-electron chi connectivity index (χ2n) is 19.3. The van der Waals surface area contributed by atoms with Crippen molar-refractivity contribution in [3.8, 4) is 22.8 Å². The lowest BCUT2D eigenvalue weighted by molar-refractivity contribution is -0.286. The van der Waals surface area contributed by atoms with Crippen LogP contribution in [0.15, 0.2) is 88.5 Å². The number of hydrogen-bond donors (Lipinski definition) is 4. The van der Waals surface area contributed by atoms with Crippen LogP contribution in [0.4, 0.5) is 29.8 Å². The summed E-state index contributed by atoms with van der Waals surface area (Å²) in [6.45, 7) is 5.23. The van der Waals surface area contributed by atoms with Gasteiger partial charge >= 0.3 is 6.29 Å². The second kappa shape index (κ2) is 24.1. The molecule has 3 aliphatic rings. The van der Waals surface area contributed by atoms with Crippen molar-refractivity contribution in [3.63, 3.8) is 0 Å². The van der Waals surface area contributed by atoms with Crippen LogP contribution in [0.25, 0.3) is 21.5 Å². The molecular weight excluding hydrogens is 1080 g/mol. The smallest absolute Gasteiger partial charge is 0.395 e. The highest BCUT2D eigenvalue weighted by molar-refractivity contribution is 7.94. The van der Waals surface area contributed by atoms with Crippen molar-refractivity contribution in [1.82, 2.24) is 30.4 Å². The van der Waals surface area contributed by atoms with Crippen molar-refractivity contribution in [2.45, 2.75) is 48.5 Å². The Morgan fingerprint density at radius 3 is 2.40 bits per heavy atom. The monoisotopic (exact) mass is 1130 g/mol. The van der Waals surface area contributed by atoms with Gasteiger partial charge in [0.05, 0.1) is 41.3 Å². The summed E-state index contributed by atoms with van der Waals surface area (Å²) in [5.74, 6) is -2.09. The molecule has 1 saturated heterocycles. The molecule has 414 valence electrons. The van der Waals surface area contributed by atoms with Crippen LogP contribution >= 0.6 is 22.7 Å². The van der Waals surface area contributed by atoms with Gasteiger partial charge in [-0.05, 0) is 119 Å². The number of thiophene rings is 1. The fraction of sp³-hybridized carbons (Fsp3) is 0.396. The molecule has 0 atom stereocenters. The molecule has 4 N–H and O–H groups in total. The molecule has 78 heavy (non-hydrogen) atoms. The molecular formula is C53H58F3N9O10S3. The van der Waals surface area contributed by atoms with Gasteiger partial charge in [-0.15, -0.1) is 20.1 Å². The number of benzene rings is 3. The van der Waals surface area contributed by atoms with Crippen LogP contribution in [-0.2, 0) is 39.3 Å². The van der Waals surface area contributed by atoms with Crippen molar-refractivity contribution in [2.24, 2.45) is 5.92 Å². The number of nitrogens with one attached hydrogen (secondary N) is 4. The molecule has 1 aliphatic carbocycles. The third-order valence-corrected chi connectivity index (χ3v) is 17.6. The highest BCUT2D eigenvalue weighted by Gasteiger charge is 2.53. The van der Waals surface area contributed by atoms with Crippen LogP contribution in [0.5, 0.6) is 11.5 Å². The molecule has 3 aromatic heterocycles. The number of rotatable bonds is 24. The first-order valence-electron chi connectivity index (χ1n) is 25.2. The Hall–Kier alpha value is -6.74. The van der Waals surface area contributed by atoms with E-state index in [1.807, 2.05) is 38.1 Å². The predicted molar refractivity (Wildman–Crippen MR) is 288 cm³/mol. The van der Waals surface area contributed by atoms with Gasteiger partial charge in [0.25, 0.3) is 15.9 Å². The van der Waals surface area contributed by atoms with E-state index in [1.54, 1.807) is 47.8 Å². The number of likely N-dealkylation sites (tertiary alicyclic amines) is 1. The summed E-state index contributed by atoms with van der Waals surface area (Å²) in [5, 5.41) is 13.3. The predicted octanol–water partition coefficient (Wildman–Crippen LogP) is 6.85. The lowest BCUT2D eigenvalue weighted by Gasteiger charge is -2.31. The fourth-order valence-corrected chi connectivity index (χ4v) is 12.5. The Labute approximate surface area is 456 Å². The van der Waals surface area contributed by atoms with Crippen LogP contribution in [0.3, 0.4) is 0 Å². The minimum Gasteiger partial charge on any atom is -0.395 e. The van der Waals surface area contributed by atoms with Gasteiger partial charge in [0.1, 0.15) is 22.2 Å². The number of thiazole rings is 1. The number of sulfonamides is 1. The number of anilines is 3. The molecule has 25 heteroatoms. The number of carbonyl (C=O) groups excluding carboxylic acids is 4. The number of hydrogen-bond acceptors (Lipinski definition) is 16. The summed E-state index contributed by atoms with van der Waals surface area (Å²) >= 11 is 2.17. The molecule has 6 aromatic rings. The van der Waals surface area contributed by atoms with Crippen LogP contribution in [0, 0.1) is 18.7 Å². The summed E-state index contributed by atoms with van der Waals surface area (Å²) in [4.78, 5) is 65.4. The third kappa shape index (κ3) is 13.4. The van der Waals surface area contributed by atoms with Gasteiger partial charge in [-0.2, -0.15) is 0 Å². The molecule has 2 fully saturated rings. The Bertz CT molecular complexity index is 3280. The molecule has 3 aromatic carbocycles. The van der Waals surface area contributed by atoms with Gasteiger partial charge < -0.3 is 50.0 Å². The van der Waals surface area contributed by atoms with E-state index >= 15 is 4.39 Å². The van der Waals surface area contributed by atoms with Crippen molar-refractivity contribution >= 4 is 83.2 Å². The third-order valence-electron chi connectivity index (χ3n) is 13.5. The molecule has 0 radical (unpaired) electrons. The maximum absolute atomic E-state index is 15.5. The summed E-state index contributed by atoms with van der Waals surface area (Å²) in [5.41, 5.74) is 2.24. The van der Waals surface area contributed by atoms with Gasteiger partial charge in [-0.25, -0.2) is 22.8 Å². The van der Waals surface area contributed by atoms with Crippen molar-refractivity contribution in [3.05, 3.63) is 107 Å². The number of amides is 4. The summed E-state index contributed by atoms with van der Waals surface area (Å²) in [6, 6.07) is 20.7. The average Bonchev–Trinajstić information content (AvgIpc) is 3.78. The molecule has 4 amide bonds. The van der Waals surface area contributed by atoms with Gasteiger partial charge in [-0.1, -0.05) is 41.7 Å². The zero-order chi connectivity index (χ0) is 55.2. The van der Waals surface area contributed by atoms with Crippen LogP contribution in [0.2, 0.25) is 0 Å². The summed E-state index contributed by atoms with van der Waals surface area (Å²) in [6.07, 6.45) is -1.58. The van der Waals surface area contributed by atoms with Gasteiger partial charge in [0.2, 0.25) is 17.7 Å². The lowest BCUT2D eigenvalue weighted by Crippen LogP contribution is -2.42. The first-order valence-corrected chi connectivity index (χ1v) is 28.4. The molecule has 1 saturated carbocycles. The highest BCUT2D eigenvalue weighted by atomic mass is 32.2. The van der Waals surface area contributed by atoms with Crippen molar-refractivity contribution < 1.29 is 59.7 Å². The van der Waals surface area contributed by atoms with E-state index in [4.69, 9.17) is 14.5 Å². The van der Waals surface area contributed by atoms with E-state index < -0.39 is 27.6 Å². The van der Waals surface area contributed by atoms with E-state index in [9.17, 15) is 36.4 Å². The van der Waals surface area contributed by atoms with Crippen LogP contribution < -0.4 is 35.0 Å². The number of pyridine rings is 1. The fourth-order valence-electron chi connectivity index (χ4n) is 9.08. The molecule has 9 rings (SSSR count). The zero-order valence-corrected chi connectivity index (χ0v) is 45.4. The number of halogens is 3. The average molecular weight is 1130 g/mol. The van der Waals surface area contributed by atoms with Crippen molar-refractivity contribution in [2.75, 3.05) is 101 Å². The molecule has 19 nitrogen and oxygen atoms in total. The maximum Gasteiger partial charge on any atom is 0.586 e. The molecule has 2 aliphatic heterocycles. The lowest BCUT2D eigenvalue weighted by atomic mass is 9.94.